The second-order valence-electron chi connectivity index (χ2n) is 4.78. The number of nitrogen functional groups attached to an aromatic ring is 1. The van der Waals surface area contributed by atoms with Crippen LogP contribution in [-0.2, 0) is 0 Å². The Morgan fingerprint density at radius 2 is 1.94 bits per heavy atom. The molecule has 0 bridgehead atoms. The normalized spacial score (nSPS) is 12.9. The molecule has 17 heavy (non-hydrogen) atoms. The number of anilines is 2. The van der Waals surface area contributed by atoms with Gasteiger partial charge in [-0.3, -0.25) is 4.98 Å². The van der Waals surface area contributed by atoms with Gasteiger partial charge in [0.15, 0.2) is 0 Å². The molecule has 1 unspecified atom stereocenters. The predicted octanol–water partition coefficient (Wildman–Crippen LogP) is 3.27. The molecular formula is C14H19N3. The van der Waals surface area contributed by atoms with Crippen molar-refractivity contribution in [3.8, 4) is 0 Å². The van der Waals surface area contributed by atoms with Gasteiger partial charge in [-0.1, -0.05) is 13.8 Å². The summed E-state index contributed by atoms with van der Waals surface area (Å²) in [5.41, 5.74) is 8.72. The van der Waals surface area contributed by atoms with Crippen molar-refractivity contribution in [3.05, 3.63) is 30.5 Å². The number of benzene rings is 1. The average molecular weight is 229 g/mol. The van der Waals surface area contributed by atoms with Crippen LogP contribution in [0.4, 0.5) is 11.4 Å². The van der Waals surface area contributed by atoms with Gasteiger partial charge >= 0.3 is 0 Å². The summed E-state index contributed by atoms with van der Waals surface area (Å²) in [5.74, 6) is 0.575. The van der Waals surface area contributed by atoms with E-state index < -0.39 is 0 Å². The van der Waals surface area contributed by atoms with Gasteiger partial charge in [0.05, 0.1) is 11.2 Å². The molecule has 2 rings (SSSR count). The Morgan fingerprint density at radius 1 is 1.18 bits per heavy atom. The Kier molecular flexibility index (Phi) is 3.18. The molecule has 1 atom stereocenters. The number of rotatable bonds is 3. The largest absolute Gasteiger partial charge is 0.398 e. The van der Waals surface area contributed by atoms with Gasteiger partial charge < -0.3 is 11.1 Å². The van der Waals surface area contributed by atoms with E-state index in [1.807, 2.05) is 24.3 Å². The van der Waals surface area contributed by atoms with Crippen molar-refractivity contribution in [1.29, 1.82) is 0 Å². The third-order valence-corrected chi connectivity index (χ3v) is 3.19. The summed E-state index contributed by atoms with van der Waals surface area (Å²) >= 11 is 0. The Labute approximate surface area is 102 Å². The minimum absolute atomic E-state index is 0.406. The van der Waals surface area contributed by atoms with Crippen LogP contribution in [0.15, 0.2) is 30.5 Å². The van der Waals surface area contributed by atoms with Crippen molar-refractivity contribution >= 4 is 22.3 Å². The number of fused-ring (bicyclic) bond motifs is 1. The minimum Gasteiger partial charge on any atom is -0.398 e. The van der Waals surface area contributed by atoms with Gasteiger partial charge in [-0.2, -0.15) is 0 Å². The molecule has 1 heterocycles. The first kappa shape index (κ1) is 11.7. The van der Waals surface area contributed by atoms with Crippen LogP contribution in [-0.4, -0.2) is 11.0 Å². The molecule has 3 nitrogen and oxygen atoms in total. The highest BCUT2D eigenvalue weighted by Crippen LogP contribution is 2.27. The molecule has 1 aromatic heterocycles. The molecule has 1 aromatic carbocycles. The third kappa shape index (κ3) is 2.33. The van der Waals surface area contributed by atoms with E-state index >= 15 is 0 Å². The summed E-state index contributed by atoms with van der Waals surface area (Å²) in [6, 6.07) is 8.25. The first-order chi connectivity index (χ1) is 8.09. The molecule has 90 valence electrons. The van der Waals surface area contributed by atoms with E-state index in [2.05, 4.69) is 31.1 Å². The Hall–Kier alpha value is -1.77. The molecule has 0 fully saturated rings. The summed E-state index contributed by atoms with van der Waals surface area (Å²) in [4.78, 5) is 4.41. The number of hydrogen-bond acceptors (Lipinski definition) is 3. The maximum absolute atomic E-state index is 5.95. The van der Waals surface area contributed by atoms with Gasteiger partial charge in [0.2, 0.25) is 0 Å². The number of aromatic nitrogens is 1. The maximum atomic E-state index is 5.95. The monoisotopic (exact) mass is 229 g/mol. The first-order valence-electron chi connectivity index (χ1n) is 5.99. The van der Waals surface area contributed by atoms with Crippen LogP contribution >= 0.6 is 0 Å². The van der Waals surface area contributed by atoms with Crippen LogP contribution in [0.3, 0.4) is 0 Å². The molecule has 0 aliphatic carbocycles. The number of nitrogens with zero attached hydrogens (tertiary/aromatic N) is 1. The highest BCUT2D eigenvalue weighted by atomic mass is 14.9. The first-order valence-corrected chi connectivity index (χ1v) is 5.99. The van der Waals surface area contributed by atoms with Gasteiger partial charge in [0, 0.05) is 23.3 Å². The summed E-state index contributed by atoms with van der Waals surface area (Å²) in [7, 11) is 0. The van der Waals surface area contributed by atoms with Gasteiger partial charge in [-0.15, -0.1) is 0 Å². The van der Waals surface area contributed by atoms with Crippen LogP contribution in [0, 0.1) is 5.92 Å². The van der Waals surface area contributed by atoms with Crippen molar-refractivity contribution in [1.82, 2.24) is 4.98 Å². The Morgan fingerprint density at radius 3 is 2.65 bits per heavy atom. The standard InChI is InChI=1S/C14H19N3/c1-9(2)10(3)17-13-7-6-12(15)11-5-4-8-16-14(11)13/h4-10,17H,15H2,1-3H3. The molecule has 2 aromatic rings. The third-order valence-electron chi connectivity index (χ3n) is 3.19. The number of nitrogens with two attached hydrogens (primary N) is 1. The number of hydrogen-bond donors (Lipinski definition) is 2. The van der Waals surface area contributed by atoms with Gasteiger partial charge in [0.25, 0.3) is 0 Å². The minimum atomic E-state index is 0.406. The lowest BCUT2D eigenvalue weighted by Crippen LogP contribution is -2.21. The average Bonchev–Trinajstić information content (AvgIpc) is 2.33. The van der Waals surface area contributed by atoms with E-state index in [0.29, 0.717) is 12.0 Å². The zero-order valence-electron chi connectivity index (χ0n) is 10.6. The van der Waals surface area contributed by atoms with Crippen LogP contribution in [0.1, 0.15) is 20.8 Å². The van der Waals surface area contributed by atoms with Crippen LogP contribution in [0.5, 0.6) is 0 Å². The summed E-state index contributed by atoms with van der Waals surface area (Å²) in [5, 5.41) is 4.50. The van der Waals surface area contributed by atoms with Crippen molar-refractivity contribution < 1.29 is 0 Å². The summed E-state index contributed by atoms with van der Waals surface area (Å²) in [6.45, 7) is 6.57. The number of nitrogens with one attached hydrogen (secondary N) is 1. The lowest BCUT2D eigenvalue weighted by Gasteiger charge is -2.20. The van der Waals surface area contributed by atoms with E-state index in [1.54, 1.807) is 6.20 Å². The zero-order valence-corrected chi connectivity index (χ0v) is 10.6. The van der Waals surface area contributed by atoms with E-state index in [0.717, 1.165) is 22.3 Å². The van der Waals surface area contributed by atoms with Crippen LogP contribution < -0.4 is 11.1 Å². The van der Waals surface area contributed by atoms with E-state index in [1.165, 1.54) is 0 Å². The predicted molar refractivity (Wildman–Crippen MR) is 74.1 cm³/mol. The summed E-state index contributed by atoms with van der Waals surface area (Å²) < 4.78 is 0. The van der Waals surface area contributed by atoms with E-state index in [4.69, 9.17) is 5.73 Å². The molecule has 3 heteroatoms. The zero-order chi connectivity index (χ0) is 12.4. The van der Waals surface area contributed by atoms with Crippen molar-refractivity contribution in [3.63, 3.8) is 0 Å². The lowest BCUT2D eigenvalue weighted by atomic mass is 10.1. The molecule has 0 radical (unpaired) electrons. The molecule has 0 amide bonds. The molecule has 3 N–H and O–H groups in total. The lowest BCUT2D eigenvalue weighted by molar-refractivity contribution is 0.560. The smallest absolute Gasteiger partial charge is 0.0953 e. The van der Waals surface area contributed by atoms with E-state index in [-0.39, 0.29) is 0 Å². The molecule has 0 saturated carbocycles. The van der Waals surface area contributed by atoms with Crippen molar-refractivity contribution in [2.75, 3.05) is 11.1 Å². The number of pyridine rings is 1. The maximum Gasteiger partial charge on any atom is 0.0953 e. The Bertz CT molecular complexity index is 520. The highest BCUT2D eigenvalue weighted by Gasteiger charge is 2.10. The van der Waals surface area contributed by atoms with E-state index in [9.17, 15) is 0 Å². The van der Waals surface area contributed by atoms with Gasteiger partial charge in [0.1, 0.15) is 0 Å². The molecule has 0 saturated heterocycles. The fourth-order valence-corrected chi connectivity index (χ4v) is 1.72. The molecule has 0 aliphatic rings. The van der Waals surface area contributed by atoms with Crippen molar-refractivity contribution in [2.24, 2.45) is 5.92 Å². The Balaban J connectivity index is 2.45. The van der Waals surface area contributed by atoms with Crippen LogP contribution in [0.2, 0.25) is 0 Å². The second-order valence-corrected chi connectivity index (χ2v) is 4.78. The molecular weight excluding hydrogens is 210 g/mol. The highest BCUT2D eigenvalue weighted by molar-refractivity contribution is 5.98. The fraction of sp³-hybridized carbons (Fsp3) is 0.357. The summed E-state index contributed by atoms with van der Waals surface area (Å²) in [6.07, 6.45) is 1.80. The second kappa shape index (κ2) is 4.62. The quantitative estimate of drug-likeness (QED) is 0.794. The molecule has 0 aliphatic heterocycles. The SMILES string of the molecule is CC(C)C(C)Nc1ccc(N)c2cccnc12. The van der Waals surface area contributed by atoms with Gasteiger partial charge in [-0.25, -0.2) is 0 Å². The molecule has 0 spiro atoms. The van der Waals surface area contributed by atoms with Crippen LogP contribution in [0.25, 0.3) is 10.9 Å². The van der Waals surface area contributed by atoms with Crippen molar-refractivity contribution in [2.45, 2.75) is 26.8 Å². The topological polar surface area (TPSA) is 50.9 Å². The van der Waals surface area contributed by atoms with Gasteiger partial charge in [-0.05, 0) is 37.1 Å². The fourth-order valence-electron chi connectivity index (χ4n) is 1.72.